The zero-order valence-electron chi connectivity index (χ0n) is 14.6. The van der Waals surface area contributed by atoms with Crippen molar-refractivity contribution in [3.63, 3.8) is 0 Å². The molecule has 2 aromatic rings. The van der Waals surface area contributed by atoms with Crippen molar-refractivity contribution in [3.8, 4) is 16.9 Å². The van der Waals surface area contributed by atoms with Gasteiger partial charge in [0.2, 0.25) is 0 Å². The number of carbonyl (C=O) groups excluding carboxylic acids is 1. The first-order chi connectivity index (χ1) is 12.2. The minimum absolute atomic E-state index is 0.0853. The highest BCUT2D eigenvalue weighted by Gasteiger charge is 2.17. The monoisotopic (exact) mass is 344 g/mol. The molecule has 3 rings (SSSR count). The summed E-state index contributed by atoms with van der Waals surface area (Å²) in [6.45, 7) is 0. The standard InChI is InChI=1S/C20H25FN2O2/c1-25-19-12-15(21)9-10-17(19)14-11-18(22-13-14)20(24)23-16-7-5-3-2-4-6-8-16/h9-13,16,22H,2-8H2,1H3,(H,23,24). The molecule has 5 heteroatoms. The zero-order chi connectivity index (χ0) is 17.6. The fourth-order valence-electron chi connectivity index (χ4n) is 3.45. The van der Waals surface area contributed by atoms with Gasteiger partial charge in [0.1, 0.15) is 17.3 Å². The number of halogens is 1. The van der Waals surface area contributed by atoms with Gasteiger partial charge in [0, 0.05) is 29.4 Å². The summed E-state index contributed by atoms with van der Waals surface area (Å²) in [4.78, 5) is 15.6. The van der Waals surface area contributed by atoms with Crippen molar-refractivity contribution < 1.29 is 13.9 Å². The predicted molar refractivity (Wildman–Crippen MR) is 96.3 cm³/mol. The molecule has 1 aliphatic rings. The van der Waals surface area contributed by atoms with Gasteiger partial charge in [-0.05, 0) is 31.0 Å². The minimum atomic E-state index is -0.349. The van der Waals surface area contributed by atoms with Gasteiger partial charge in [-0.25, -0.2) is 4.39 Å². The van der Waals surface area contributed by atoms with Crippen LogP contribution in [0.15, 0.2) is 30.5 Å². The molecule has 1 aromatic carbocycles. The van der Waals surface area contributed by atoms with Crippen LogP contribution in [0.4, 0.5) is 4.39 Å². The van der Waals surface area contributed by atoms with Crippen molar-refractivity contribution in [1.82, 2.24) is 10.3 Å². The first-order valence-corrected chi connectivity index (χ1v) is 9.00. The van der Waals surface area contributed by atoms with Crippen molar-refractivity contribution in [1.29, 1.82) is 0 Å². The molecule has 4 nitrogen and oxygen atoms in total. The smallest absolute Gasteiger partial charge is 0.267 e. The molecule has 25 heavy (non-hydrogen) atoms. The molecule has 0 bridgehead atoms. The summed E-state index contributed by atoms with van der Waals surface area (Å²) >= 11 is 0. The van der Waals surface area contributed by atoms with Crippen LogP contribution in [0.25, 0.3) is 11.1 Å². The van der Waals surface area contributed by atoms with Crippen molar-refractivity contribution in [2.45, 2.75) is 51.0 Å². The summed E-state index contributed by atoms with van der Waals surface area (Å²) in [5, 5.41) is 3.14. The Morgan fingerprint density at radius 3 is 2.60 bits per heavy atom. The van der Waals surface area contributed by atoms with Crippen LogP contribution in [0.5, 0.6) is 5.75 Å². The van der Waals surface area contributed by atoms with Crippen LogP contribution >= 0.6 is 0 Å². The van der Waals surface area contributed by atoms with E-state index in [1.165, 1.54) is 51.3 Å². The second kappa shape index (κ2) is 8.19. The molecule has 0 aliphatic heterocycles. The van der Waals surface area contributed by atoms with Gasteiger partial charge in [-0.3, -0.25) is 4.79 Å². The first-order valence-electron chi connectivity index (χ1n) is 9.00. The lowest BCUT2D eigenvalue weighted by Crippen LogP contribution is -2.35. The van der Waals surface area contributed by atoms with E-state index in [4.69, 9.17) is 4.74 Å². The fourth-order valence-corrected chi connectivity index (χ4v) is 3.45. The van der Waals surface area contributed by atoms with Crippen molar-refractivity contribution in [2.24, 2.45) is 0 Å². The van der Waals surface area contributed by atoms with Gasteiger partial charge in [0.25, 0.3) is 5.91 Å². The van der Waals surface area contributed by atoms with Crippen LogP contribution in [-0.4, -0.2) is 24.0 Å². The molecule has 0 saturated heterocycles. The lowest BCUT2D eigenvalue weighted by Gasteiger charge is -2.20. The third-order valence-electron chi connectivity index (χ3n) is 4.84. The van der Waals surface area contributed by atoms with Crippen molar-refractivity contribution in [2.75, 3.05) is 7.11 Å². The Morgan fingerprint density at radius 1 is 1.16 bits per heavy atom. The Morgan fingerprint density at radius 2 is 1.88 bits per heavy atom. The highest BCUT2D eigenvalue weighted by Crippen LogP contribution is 2.31. The number of hydrogen-bond acceptors (Lipinski definition) is 2. The highest BCUT2D eigenvalue weighted by atomic mass is 19.1. The molecule has 1 amide bonds. The number of aromatic nitrogens is 1. The van der Waals surface area contributed by atoms with E-state index in [0.29, 0.717) is 11.4 Å². The number of methoxy groups -OCH3 is 1. The SMILES string of the molecule is COc1cc(F)ccc1-c1c[nH]c(C(=O)NC2CCCCCCC2)c1. The predicted octanol–water partition coefficient (Wildman–Crippen LogP) is 4.67. The summed E-state index contributed by atoms with van der Waals surface area (Å²) in [5.41, 5.74) is 2.08. The third kappa shape index (κ3) is 4.41. The molecular weight excluding hydrogens is 319 g/mol. The normalized spacial score (nSPS) is 16.1. The average Bonchev–Trinajstić information content (AvgIpc) is 3.07. The summed E-state index contributed by atoms with van der Waals surface area (Å²) in [6.07, 6.45) is 10.0. The number of ether oxygens (including phenoxy) is 1. The van der Waals surface area contributed by atoms with Crippen molar-refractivity contribution in [3.05, 3.63) is 42.0 Å². The molecule has 1 heterocycles. The van der Waals surface area contributed by atoms with Gasteiger partial charge >= 0.3 is 0 Å². The molecule has 1 saturated carbocycles. The maximum Gasteiger partial charge on any atom is 0.267 e. The zero-order valence-corrected chi connectivity index (χ0v) is 14.6. The molecular formula is C20H25FN2O2. The molecule has 0 unspecified atom stereocenters. The van der Waals surface area contributed by atoms with E-state index >= 15 is 0 Å². The lowest BCUT2D eigenvalue weighted by molar-refractivity contribution is 0.0926. The topological polar surface area (TPSA) is 54.1 Å². The first kappa shape index (κ1) is 17.5. The van der Waals surface area contributed by atoms with Crippen molar-refractivity contribution >= 4 is 5.91 Å². The Bertz CT molecular complexity index is 718. The van der Waals surface area contributed by atoms with Crippen LogP contribution < -0.4 is 10.1 Å². The number of amides is 1. The average molecular weight is 344 g/mol. The van der Waals surface area contributed by atoms with E-state index < -0.39 is 0 Å². The van der Waals surface area contributed by atoms with Gasteiger partial charge in [-0.2, -0.15) is 0 Å². The van der Waals surface area contributed by atoms with Crippen LogP contribution in [0, 0.1) is 5.82 Å². The summed E-state index contributed by atoms with van der Waals surface area (Å²) < 4.78 is 18.6. The maximum atomic E-state index is 13.4. The van der Waals surface area contributed by atoms with E-state index in [0.717, 1.165) is 24.0 Å². The summed E-state index contributed by atoms with van der Waals surface area (Å²) in [7, 11) is 1.51. The van der Waals surface area contributed by atoms with Gasteiger partial charge < -0.3 is 15.0 Å². The molecule has 0 spiro atoms. The molecule has 1 aromatic heterocycles. The van der Waals surface area contributed by atoms with E-state index in [-0.39, 0.29) is 17.8 Å². The number of rotatable bonds is 4. The Hall–Kier alpha value is -2.30. The van der Waals surface area contributed by atoms with E-state index in [1.807, 2.05) is 0 Å². The largest absolute Gasteiger partial charge is 0.496 e. The molecule has 0 atom stereocenters. The van der Waals surface area contributed by atoms with E-state index in [2.05, 4.69) is 10.3 Å². The molecule has 1 aliphatic carbocycles. The highest BCUT2D eigenvalue weighted by molar-refractivity contribution is 5.94. The number of nitrogens with one attached hydrogen (secondary N) is 2. The van der Waals surface area contributed by atoms with Gasteiger partial charge in [-0.1, -0.05) is 32.1 Å². The van der Waals surface area contributed by atoms with Gasteiger partial charge in [0.15, 0.2) is 0 Å². The summed E-state index contributed by atoms with van der Waals surface area (Å²) in [6, 6.07) is 6.43. The quantitative estimate of drug-likeness (QED) is 0.847. The lowest BCUT2D eigenvalue weighted by atomic mass is 9.96. The fraction of sp³-hybridized carbons (Fsp3) is 0.450. The Labute approximate surface area is 147 Å². The number of carbonyl (C=O) groups is 1. The minimum Gasteiger partial charge on any atom is -0.496 e. The Balaban J connectivity index is 1.71. The second-order valence-electron chi connectivity index (χ2n) is 6.66. The summed E-state index contributed by atoms with van der Waals surface area (Å²) in [5.74, 6) is 0.0160. The number of aromatic amines is 1. The van der Waals surface area contributed by atoms with Crippen LogP contribution in [-0.2, 0) is 0 Å². The molecule has 134 valence electrons. The van der Waals surface area contributed by atoms with E-state index in [9.17, 15) is 9.18 Å². The van der Waals surface area contributed by atoms with Gasteiger partial charge in [-0.15, -0.1) is 0 Å². The number of hydrogen-bond donors (Lipinski definition) is 2. The van der Waals surface area contributed by atoms with Gasteiger partial charge in [0.05, 0.1) is 7.11 Å². The van der Waals surface area contributed by atoms with E-state index in [1.54, 1.807) is 18.3 Å². The maximum absolute atomic E-state index is 13.4. The van der Waals surface area contributed by atoms with Crippen LogP contribution in [0.2, 0.25) is 0 Å². The Kier molecular flexibility index (Phi) is 5.74. The molecule has 1 fully saturated rings. The number of H-pyrrole nitrogens is 1. The molecule has 2 N–H and O–H groups in total. The molecule has 0 radical (unpaired) electrons. The van der Waals surface area contributed by atoms with Crippen LogP contribution in [0.3, 0.4) is 0 Å². The number of benzene rings is 1. The second-order valence-corrected chi connectivity index (χ2v) is 6.66. The van der Waals surface area contributed by atoms with Crippen LogP contribution in [0.1, 0.15) is 55.4 Å². The third-order valence-corrected chi connectivity index (χ3v) is 4.84.